The van der Waals surface area contributed by atoms with E-state index in [-0.39, 0.29) is 0 Å². The molecular formula is C41H83NO. The van der Waals surface area contributed by atoms with Crippen molar-refractivity contribution in [2.45, 2.75) is 232 Å². The quantitative estimate of drug-likeness (QED) is 0.0718. The molecule has 2 heteroatoms. The first kappa shape index (κ1) is 40.9. The highest BCUT2D eigenvalue weighted by molar-refractivity contribution is 4.94. The predicted molar refractivity (Wildman–Crippen MR) is 194 cm³/mol. The molecule has 1 saturated heterocycles. The minimum Gasteiger partial charge on any atom is -0.395 e. The van der Waals surface area contributed by atoms with Gasteiger partial charge in [-0.25, -0.2) is 0 Å². The van der Waals surface area contributed by atoms with Crippen molar-refractivity contribution in [3.05, 3.63) is 0 Å². The van der Waals surface area contributed by atoms with Crippen molar-refractivity contribution in [3.63, 3.8) is 0 Å². The van der Waals surface area contributed by atoms with Gasteiger partial charge in [0.1, 0.15) is 0 Å². The summed E-state index contributed by atoms with van der Waals surface area (Å²) in [5.74, 6) is 0. The molecule has 0 spiro atoms. The van der Waals surface area contributed by atoms with E-state index in [4.69, 9.17) is 0 Å². The van der Waals surface area contributed by atoms with E-state index in [9.17, 15) is 5.11 Å². The third kappa shape index (κ3) is 25.8. The fraction of sp³-hybridized carbons (Fsp3) is 1.00. The van der Waals surface area contributed by atoms with E-state index >= 15 is 0 Å². The van der Waals surface area contributed by atoms with Gasteiger partial charge in [0.05, 0.1) is 6.61 Å². The van der Waals surface area contributed by atoms with Gasteiger partial charge in [-0.3, -0.25) is 4.90 Å². The van der Waals surface area contributed by atoms with E-state index in [2.05, 4.69) is 18.7 Å². The normalized spacial score (nSPS) is 14.9. The maximum Gasteiger partial charge on any atom is 0.0558 e. The van der Waals surface area contributed by atoms with E-state index < -0.39 is 0 Å². The molecule has 0 amide bonds. The Morgan fingerprint density at radius 1 is 0.372 bits per heavy atom. The van der Waals surface area contributed by atoms with Gasteiger partial charge in [0.15, 0.2) is 0 Å². The highest BCUT2D eigenvalue weighted by atomic mass is 16.3. The van der Waals surface area contributed by atoms with Crippen LogP contribution in [0, 0.1) is 5.41 Å². The van der Waals surface area contributed by atoms with Gasteiger partial charge in [-0.05, 0) is 18.3 Å². The number of unbranched alkanes of at least 4 members (excludes halogenated alkanes) is 30. The zero-order valence-electron chi connectivity index (χ0n) is 30.3. The number of hydrogen-bond acceptors (Lipinski definition) is 2. The summed E-state index contributed by atoms with van der Waals surface area (Å²) < 4.78 is 0. The van der Waals surface area contributed by atoms with E-state index in [1.165, 1.54) is 231 Å². The zero-order valence-corrected chi connectivity index (χ0v) is 30.3. The van der Waals surface area contributed by atoms with Crippen LogP contribution in [0.3, 0.4) is 0 Å². The molecule has 0 aromatic heterocycles. The van der Waals surface area contributed by atoms with Crippen LogP contribution in [-0.4, -0.2) is 36.2 Å². The molecule has 0 aliphatic carbocycles. The predicted octanol–water partition coefficient (Wildman–Crippen LogP) is 13.6. The second-order valence-corrected chi connectivity index (χ2v) is 15.0. The van der Waals surface area contributed by atoms with E-state index in [0.717, 1.165) is 6.54 Å². The molecule has 1 N–H and O–H groups in total. The lowest BCUT2D eigenvalue weighted by Crippen LogP contribution is -2.56. The van der Waals surface area contributed by atoms with Gasteiger partial charge in [0, 0.05) is 19.6 Å². The molecule has 0 radical (unpaired) electrons. The third-order valence-electron chi connectivity index (χ3n) is 10.7. The van der Waals surface area contributed by atoms with Gasteiger partial charge in [-0.1, -0.05) is 219 Å². The Hall–Kier alpha value is -0.0800. The Morgan fingerprint density at radius 2 is 0.605 bits per heavy atom. The fourth-order valence-electron chi connectivity index (χ4n) is 7.74. The molecule has 0 unspecified atom stereocenters. The van der Waals surface area contributed by atoms with Crippen molar-refractivity contribution in [3.8, 4) is 0 Å². The standard InChI is InChI=1S/C41H83NO/c1-3-5-7-9-11-13-15-17-19-21-23-25-27-29-31-33-35-41(39-42(40-41)37-38-43)36-34-32-30-28-26-24-22-20-18-16-14-12-10-8-6-4-2/h43H,3-40H2,1-2H3. The lowest BCUT2D eigenvalue weighted by atomic mass is 9.71. The molecule has 1 fully saturated rings. The molecule has 0 bridgehead atoms. The van der Waals surface area contributed by atoms with Crippen LogP contribution in [0.5, 0.6) is 0 Å². The molecule has 0 aromatic carbocycles. The number of aliphatic hydroxyl groups is 1. The fourth-order valence-corrected chi connectivity index (χ4v) is 7.74. The molecule has 258 valence electrons. The second-order valence-electron chi connectivity index (χ2n) is 15.0. The second kappa shape index (κ2) is 31.9. The van der Waals surface area contributed by atoms with E-state index in [0.29, 0.717) is 12.0 Å². The topological polar surface area (TPSA) is 23.5 Å². The average molecular weight is 606 g/mol. The number of nitrogens with zero attached hydrogens (tertiary/aromatic N) is 1. The van der Waals surface area contributed by atoms with Crippen molar-refractivity contribution in [2.24, 2.45) is 5.41 Å². The molecular weight excluding hydrogens is 522 g/mol. The number of rotatable bonds is 36. The largest absolute Gasteiger partial charge is 0.395 e. The lowest BCUT2D eigenvalue weighted by molar-refractivity contribution is -0.0250. The van der Waals surface area contributed by atoms with Crippen molar-refractivity contribution in [1.82, 2.24) is 4.90 Å². The minimum absolute atomic E-state index is 0.328. The zero-order chi connectivity index (χ0) is 30.9. The molecule has 1 aliphatic heterocycles. The van der Waals surface area contributed by atoms with Crippen LogP contribution in [0.25, 0.3) is 0 Å². The van der Waals surface area contributed by atoms with E-state index in [1.54, 1.807) is 0 Å². The lowest BCUT2D eigenvalue weighted by Gasteiger charge is -2.51. The molecule has 1 aliphatic rings. The van der Waals surface area contributed by atoms with Crippen LogP contribution in [0.4, 0.5) is 0 Å². The van der Waals surface area contributed by atoms with Crippen LogP contribution in [0.1, 0.15) is 232 Å². The number of aliphatic hydroxyl groups excluding tert-OH is 1. The smallest absolute Gasteiger partial charge is 0.0558 e. The summed E-state index contributed by atoms with van der Waals surface area (Å²) >= 11 is 0. The molecule has 0 aromatic rings. The molecule has 1 rings (SSSR count). The van der Waals surface area contributed by atoms with Crippen molar-refractivity contribution < 1.29 is 5.11 Å². The first-order valence-electron chi connectivity index (χ1n) is 20.6. The summed E-state index contributed by atoms with van der Waals surface area (Å²) in [5.41, 5.74) is 0.584. The minimum atomic E-state index is 0.328. The van der Waals surface area contributed by atoms with Gasteiger partial charge in [-0.2, -0.15) is 0 Å². The number of β-amino-alcohol motifs (C(OH)–C–C–N with tert-alkyl or cyclic N) is 1. The van der Waals surface area contributed by atoms with Gasteiger partial charge in [0.2, 0.25) is 0 Å². The average Bonchev–Trinajstić information content (AvgIpc) is 2.99. The van der Waals surface area contributed by atoms with Crippen LogP contribution in [-0.2, 0) is 0 Å². The summed E-state index contributed by atoms with van der Waals surface area (Å²) in [4.78, 5) is 2.50. The summed E-state index contributed by atoms with van der Waals surface area (Å²) in [6.07, 6.45) is 49.4. The van der Waals surface area contributed by atoms with Crippen LogP contribution in [0.15, 0.2) is 0 Å². The first-order valence-corrected chi connectivity index (χ1v) is 20.6. The van der Waals surface area contributed by atoms with Crippen LogP contribution < -0.4 is 0 Å². The Morgan fingerprint density at radius 3 is 0.837 bits per heavy atom. The first-order chi connectivity index (χ1) is 21.3. The Labute approximate surface area is 273 Å². The van der Waals surface area contributed by atoms with Gasteiger partial charge < -0.3 is 5.11 Å². The van der Waals surface area contributed by atoms with Gasteiger partial charge >= 0.3 is 0 Å². The van der Waals surface area contributed by atoms with Crippen LogP contribution in [0.2, 0.25) is 0 Å². The van der Waals surface area contributed by atoms with Crippen molar-refractivity contribution in [2.75, 3.05) is 26.2 Å². The summed E-state index contributed by atoms with van der Waals surface area (Å²) in [5, 5.41) is 9.38. The van der Waals surface area contributed by atoms with E-state index in [1.807, 2.05) is 0 Å². The maximum absolute atomic E-state index is 9.38. The summed E-state index contributed by atoms with van der Waals surface area (Å²) in [7, 11) is 0. The van der Waals surface area contributed by atoms with Crippen molar-refractivity contribution in [1.29, 1.82) is 0 Å². The van der Waals surface area contributed by atoms with Crippen LogP contribution >= 0.6 is 0 Å². The maximum atomic E-state index is 9.38. The monoisotopic (exact) mass is 606 g/mol. The SMILES string of the molecule is CCCCCCCCCCCCCCCCCCC1(CCCCCCCCCCCCCCCCCC)CN(CCO)C1. The molecule has 0 saturated carbocycles. The molecule has 43 heavy (non-hydrogen) atoms. The molecule has 0 atom stereocenters. The Kier molecular flexibility index (Phi) is 30.4. The van der Waals surface area contributed by atoms with Gasteiger partial charge in [-0.15, -0.1) is 0 Å². The number of hydrogen-bond donors (Lipinski definition) is 1. The molecule has 1 heterocycles. The Balaban J connectivity index is 1.93. The summed E-state index contributed by atoms with van der Waals surface area (Å²) in [6, 6.07) is 0. The number of likely N-dealkylation sites (tertiary alicyclic amines) is 1. The van der Waals surface area contributed by atoms with Gasteiger partial charge in [0.25, 0.3) is 0 Å². The van der Waals surface area contributed by atoms with Crippen molar-refractivity contribution >= 4 is 0 Å². The molecule has 2 nitrogen and oxygen atoms in total. The summed E-state index contributed by atoms with van der Waals surface area (Å²) in [6.45, 7) is 8.34. The highest BCUT2D eigenvalue weighted by Gasteiger charge is 2.40. The highest BCUT2D eigenvalue weighted by Crippen LogP contribution is 2.40. The Bertz CT molecular complexity index is 490. The third-order valence-corrected chi connectivity index (χ3v) is 10.7.